The topological polar surface area (TPSA) is 12.0 Å². The molecule has 1 atom stereocenters. The normalized spacial score (nSPS) is 12.9. The van der Waals surface area contributed by atoms with Crippen LogP contribution in [0.5, 0.6) is 0 Å². The molecule has 0 radical (unpaired) electrons. The fraction of sp³-hybridized carbons (Fsp3) is 0.333. The van der Waals surface area contributed by atoms with Crippen LogP contribution in [0.1, 0.15) is 18.9 Å². The molecular weight excluding hydrogens is 234 g/mol. The fourth-order valence-corrected chi connectivity index (χ4v) is 1.26. The molecule has 0 aromatic heterocycles. The predicted molar refractivity (Wildman–Crippen MR) is 57.9 cm³/mol. The first-order valence-electron chi connectivity index (χ1n) is 4.98. The Hall–Kier alpha value is -1.70. The number of hydrogen-bond donors (Lipinski definition) is 1. The summed E-state index contributed by atoms with van der Waals surface area (Å²) >= 11 is 0. The lowest BCUT2D eigenvalue weighted by atomic mass is 10.1. The maximum Gasteiger partial charge on any atom is 0.416 e. The number of rotatable bonds is 3. The van der Waals surface area contributed by atoms with E-state index in [1.54, 1.807) is 6.92 Å². The molecule has 1 nitrogen and oxygen atoms in total. The Bertz CT molecular complexity index is 431. The number of benzene rings is 1. The molecule has 0 bridgehead atoms. The van der Waals surface area contributed by atoms with E-state index in [0.29, 0.717) is 12.5 Å². The smallest absolute Gasteiger partial charge is 0.369 e. The van der Waals surface area contributed by atoms with Crippen LogP contribution < -0.4 is 5.32 Å². The van der Waals surface area contributed by atoms with Crippen molar-refractivity contribution in [2.24, 2.45) is 0 Å². The molecule has 92 valence electrons. The lowest BCUT2D eigenvalue weighted by Gasteiger charge is -2.14. The van der Waals surface area contributed by atoms with Crippen molar-refractivity contribution in [2.45, 2.75) is 25.6 Å². The molecule has 0 saturated heterocycles. The summed E-state index contributed by atoms with van der Waals surface area (Å²) < 4.78 is 50.2. The molecule has 0 spiro atoms. The van der Waals surface area contributed by atoms with Gasteiger partial charge in [0.15, 0.2) is 0 Å². The Kier molecular flexibility index (Phi) is 4.00. The highest BCUT2D eigenvalue weighted by Crippen LogP contribution is 2.31. The summed E-state index contributed by atoms with van der Waals surface area (Å²) in [4.78, 5) is 0. The van der Waals surface area contributed by atoms with Crippen LogP contribution in [0.4, 0.5) is 23.2 Å². The monoisotopic (exact) mass is 245 g/mol. The number of hydrogen-bond acceptors (Lipinski definition) is 1. The third-order valence-electron chi connectivity index (χ3n) is 2.24. The average molecular weight is 245 g/mol. The van der Waals surface area contributed by atoms with Crippen molar-refractivity contribution < 1.29 is 17.6 Å². The number of alkyl halides is 3. The second kappa shape index (κ2) is 5.09. The molecule has 5 heteroatoms. The van der Waals surface area contributed by atoms with Gasteiger partial charge in [0.25, 0.3) is 0 Å². The first-order chi connectivity index (χ1) is 7.88. The van der Waals surface area contributed by atoms with Gasteiger partial charge < -0.3 is 5.32 Å². The van der Waals surface area contributed by atoms with E-state index >= 15 is 0 Å². The lowest BCUT2D eigenvalue weighted by Crippen LogP contribution is -2.17. The van der Waals surface area contributed by atoms with Crippen LogP contribution in [0.25, 0.3) is 0 Å². The highest BCUT2D eigenvalue weighted by molar-refractivity contribution is 5.48. The standard InChI is InChI=1S/C12H11F4N/c1-3-9(4-2)17-11-6-5-8(7-10(11)13)12(14,15)16/h1,5-7,9,17H,4H2,2H3. The van der Waals surface area contributed by atoms with Crippen molar-refractivity contribution in [3.05, 3.63) is 29.6 Å². The van der Waals surface area contributed by atoms with Crippen molar-refractivity contribution in [1.29, 1.82) is 0 Å². The van der Waals surface area contributed by atoms with Gasteiger partial charge in [0.05, 0.1) is 17.3 Å². The number of halogens is 4. The third kappa shape index (κ3) is 3.38. The maximum atomic E-state index is 13.4. The SMILES string of the molecule is C#CC(CC)Nc1ccc(C(F)(F)F)cc1F. The highest BCUT2D eigenvalue weighted by Gasteiger charge is 2.31. The molecule has 1 unspecified atom stereocenters. The van der Waals surface area contributed by atoms with E-state index in [9.17, 15) is 17.6 Å². The number of nitrogens with one attached hydrogen (secondary N) is 1. The van der Waals surface area contributed by atoms with Crippen LogP contribution in [-0.4, -0.2) is 6.04 Å². The molecule has 1 aromatic carbocycles. The van der Waals surface area contributed by atoms with Crippen LogP contribution >= 0.6 is 0 Å². The first kappa shape index (κ1) is 13.4. The fourth-order valence-electron chi connectivity index (χ4n) is 1.26. The molecule has 0 saturated carbocycles. The van der Waals surface area contributed by atoms with Crippen molar-refractivity contribution in [1.82, 2.24) is 0 Å². The minimum Gasteiger partial charge on any atom is -0.369 e. The molecule has 0 amide bonds. The largest absolute Gasteiger partial charge is 0.416 e. The lowest BCUT2D eigenvalue weighted by molar-refractivity contribution is -0.137. The minimum absolute atomic E-state index is 0.0252. The van der Waals surface area contributed by atoms with E-state index in [2.05, 4.69) is 11.2 Å². The Morgan fingerprint density at radius 3 is 2.47 bits per heavy atom. The van der Waals surface area contributed by atoms with Crippen molar-refractivity contribution >= 4 is 5.69 Å². The van der Waals surface area contributed by atoms with Gasteiger partial charge in [0, 0.05) is 0 Å². The Morgan fingerprint density at radius 1 is 1.41 bits per heavy atom. The van der Waals surface area contributed by atoms with E-state index < -0.39 is 23.6 Å². The summed E-state index contributed by atoms with van der Waals surface area (Å²) in [5.41, 5.74) is -1.04. The van der Waals surface area contributed by atoms with Crippen LogP contribution in [0.3, 0.4) is 0 Å². The minimum atomic E-state index is -4.55. The Morgan fingerprint density at radius 2 is 2.06 bits per heavy atom. The molecule has 0 heterocycles. The first-order valence-corrected chi connectivity index (χ1v) is 4.98. The summed E-state index contributed by atoms with van der Waals surface area (Å²) in [6.07, 6.45) is 1.17. The van der Waals surface area contributed by atoms with Crippen LogP contribution in [-0.2, 0) is 6.18 Å². The van der Waals surface area contributed by atoms with Gasteiger partial charge in [0.1, 0.15) is 5.82 Å². The van der Waals surface area contributed by atoms with E-state index in [-0.39, 0.29) is 5.69 Å². The molecular formula is C12H11F4N. The van der Waals surface area contributed by atoms with Gasteiger partial charge in [0.2, 0.25) is 0 Å². The van der Waals surface area contributed by atoms with E-state index in [0.717, 1.165) is 12.1 Å². The Balaban J connectivity index is 2.95. The summed E-state index contributed by atoms with van der Waals surface area (Å²) in [6, 6.07) is 1.90. The average Bonchev–Trinajstić information content (AvgIpc) is 2.26. The summed E-state index contributed by atoms with van der Waals surface area (Å²) in [5.74, 6) is 1.41. The third-order valence-corrected chi connectivity index (χ3v) is 2.24. The molecule has 0 aliphatic carbocycles. The van der Waals surface area contributed by atoms with Gasteiger partial charge in [-0.1, -0.05) is 12.8 Å². The second-order valence-electron chi connectivity index (χ2n) is 3.46. The molecule has 0 fully saturated rings. The van der Waals surface area contributed by atoms with E-state index in [4.69, 9.17) is 6.42 Å². The van der Waals surface area contributed by atoms with Crippen molar-refractivity contribution in [3.8, 4) is 12.3 Å². The molecule has 1 N–H and O–H groups in total. The van der Waals surface area contributed by atoms with Crippen molar-refractivity contribution in [2.75, 3.05) is 5.32 Å². The number of terminal acetylenes is 1. The van der Waals surface area contributed by atoms with Crippen LogP contribution in [0.15, 0.2) is 18.2 Å². The van der Waals surface area contributed by atoms with Crippen LogP contribution in [0.2, 0.25) is 0 Å². The molecule has 17 heavy (non-hydrogen) atoms. The second-order valence-corrected chi connectivity index (χ2v) is 3.46. The summed E-state index contributed by atoms with van der Waals surface area (Å²) in [7, 11) is 0. The number of anilines is 1. The molecule has 0 aliphatic rings. The Labute approximate surface area is 96.8 Å². The summed E-state index contributed by atoms with van der Waals surface area (Å²) in [6.45, 7) is 1.79. The van der Waals surface area contributed by atoms with Crippen molar-refractivity contribution in [3.63, 3.8) is 0 Å². The quantitative estimate of drug-likeness (QED) is 0.633. The predicted octanol–water partition coefficient (Wildman–Crippen LogP) is 3.67. The van der Waals surface area contributed by atoms with Gasteiger partial charge in [-0.3, -0.25) is 0 Å². The van der Waals surface area contributed by atoms with E-state index in [1.165, 1.54) is 0 Å². The zero-order chi connectivity index (χ0) is 13.1. The molecule has 1 aromatic rings. The zero-order valence-corrected chi connectivity index (χ0v) is 9.11. The van der Waals surface area contributed by atoms with Gasteiger partial charge in [-0.2, -0.15) is 13.2 Å². The summed E-state index contributed by atoms with van der Waals surface area (Å²) in [5, 5.41) is 2.65. The molecule has 1 rings (SSSR count). The zero-order valence-electron chi connectivity index (χ0n) is 9.11. The van der Waals surface area contributed by atoms with Gasteiger partial charge in [-0.15, -0.1) is 6.42 Å². The van der Waals surface area contributed by atoms with E-state index in [1.807, 2.05) is 0 Å². The van der Waals surface area contributed by atoms with Gasteiger partial charge in [-0.05, 0) is 24.6 Å². The van der Waals surface area contributed by atoms with Crippen LogP contribution in [0, 0.1) is 18.2 Å². The maximum absolute atomic E-state index is 13.4. The molecule has 0 aliphatic heterocycles. The van der Waals surface area contributed by atoms with Gasteiger partial charge >= 0.3 is 6.18 Å². The highest BCUT2D eigenvalue weighted by atomic mass is 19.4. The van der Waals surface area contributed by atoms with Gasteiger partial charge in [-0.25, -0.2) is 4.39 Å².